The number of carboxylic acids is 1. The number of β-amino-alcohol motifs (C(OH)–C–C–N with tert-alkyl or cyclic N) is 1. The molecular formula is C12H19N5O4. The number of amides is 1. The predicted molar refractivity (Wildman–Crippen MR) is 71.7 cm³/mol. The summed E-state index contributed by atoms with van der Waals surface area (Å²) in [5.41, 5.74) is -0.200. The van der Waals surface area contributed by atoms with E-state index < -0.39 is 12.1 Å². The molecule has 2 unspecified atom stereocenters. The second kappa shape index (κ2) is 6.19. The third-order valence-electron chi connectivity index (χ3n) is 3.34. The molecule has 0 aromatic carbocycles. The minimum Gasteiger partial charge on any atom is -0.476 e. The van der Waals surface area contributed by atoms with Crippen molar-refractivity contribution in [1.29, 1.82) is 0 Å². The summed E-state index contributed by atoms with van der Waals surface area (Å²) >= 11 is 0. The van der Waals surface area contributed by atoms with Gasteiger partial charge >= 0.3 is 5.97 Å². The zero-order chi connectivity index (χ0) is 15.6. The molecule has 2 N–H and O–H groups in total. The normalized spacial score (nSPS) is 22.0. The Morgan fingerprint density at radius 1 is 1.48 bits per heavy atom. The van der Waals surface area contributed by atoms with Crippen LogP contribution in [0.1, 0.15) is 16.9 Å². The second-order valence-corrected chi connectivity index (χ2v) is 5.46. The largest absolute Gasteiger partial charge is 0.476 e. The molecule has 1 saturated heterocycles. The summed E-state index contributed by atoms with van der Waals surface area (Å²) in [6, 6.07) is -0.0510. The number of aromatic carboxylic acids is 1. The van der Waals surface area contributed by atoms with Gasteiger partial charge < -0.3 is 20.0 Å². The molecule has 9 nitrogen and oxygen atoms in total. The van der Waals surface area contributed by atoms with Gasteiger partial charge in [0, 0.05) is 19.1 Å². The Kier molecular flexibility index (Phi) is 4.53. The van der Waals surface area contributed by atoms with E-state index in [1.165, 1.54) is 10.9 Å². The summed E-state index contributed by atoms with van der Waals surface area (Å²) in [4.78, 5) is 26.6. The van der Waals surface area contributed by atoms with Crippen molar-refractivity contribution in [3.8, 4) is 0 Å². The zero-order valence-corrected chi connectivity index (χ0v) is 12.0. The van der Waals surface area contributed by atoms with Crippen LogP contribution >= 0.6 is 0 Å². The first-order valence-electron chi connectivity index (χ1n) is 6.62. The van der Waals surface area contributed by atoms with Crippen LogP contribution in [-0.4, -0.2) is 86.2 Å². The SMILES string of the molecule is CN(C)CC1CC(O)CN1C(=O)Cn1cc(C(=O)O)nn1. The van der Waals surface area contributed by atoms with Crippen molar-refractivity contribution < 1.29 is 19.8 Å². The van der Waals surface area contributed by atoms with Gasteiger partial charge in [-0.1, -0.05) is 5.21 Å². The molecule has 1 aliphatic heterocycles. The molecule has 2 atom stereocenters. The standard InChI is InChI=1S/C12H19N5O4/c1-15(2)4-8-3-9(18)5-17(8)11(19)7-16-6-10(12(20)21)13-14-16/h6,8-9,18H,3-5,7H2,1-2H3,(H,20,21). The van der Waals surface area contributed by atoms with Crippen LogP contribution in [0.3, 0.4) is 0 Å². The Bertz CT molecular complexity index is 529. The van der Waals surface area contributed by atoms with E-state index in [1.807, 2.05) is 19.0 Å². The molecule has 1 aromatic rings. The lowest BCUT2D eigenvalue weighted by Gasteiger charge is -2.26. The first-order chi connectivity index (χ1) is 9.86. The Balaban J connectivity index is 2.02. The van der Waals surface area contributed by atoms with Crippen LogP contribution in [0.5, 0.6) is 0 Å². The molecular weight excluding hydrogens is 278 g/mol. The lowest BCUT2D eigenvalue weighted by Crippen LogP contribution is -2.43. The van der Waals surface area contributed by atoms with E-state index in [0.717, 1.165) is 0 Å². The van der Waals surface area contributed by atoms with Gasteiger partial charge in [0.2, 0.25) is 5.91 Å². The number of carboxylic acid groups (broad SMARTS) is 1. The number of aromatic nitrogens is 3. The van der Waals surface area contributed by atoms with Gasteiger partial charge in [0.25, 0.3) is 0 Å². The number of likely N-dealkylation sites (N-methyl/N-ethyl adjacent to an activating group) is 1. The molecule has 0 aliphatic carbocycles. The van der Waals surface area contributed by atoms with Crippen LogP contribution in [0.4, 0.5) is 0 Å². The van der Waals surface area contributed by atoms with E-state index in [0.29, 0.717) is 13.0 Å². The van der Waals surface area contributed by atoms with Gasteiger partial charge in [0.15, 0.2) is 5.69 Å². The van der Waals surface area contributed by atoms with Crippen LogP contribution < -0.4 is 0 Å². The Morgan fingerprint density at radius 2 is 2.19 bits per heavy atom. The summed E-state index contributed by atoms with van der Waals surface area (Å²) in [5, 5.41) is 25.6. The highest BCUT2D eigenvalue weighted by Crippen LogP contribution is 2.19. The molecule has 0 saturated carbocycles. The molecule has 1 aromatic heterocycles. The molecule has 0 radical (unpaired) electrons. The van der Waals surface area contributed by atoms with E-state index >= 15 is 0 Å². The van der Waals surface area contributed by atoms with E-state index in [2.05, 4.69) is 10.3 Å². The van der Waals surface area contributed by atoms with Gasteiger partial charge in [-0.2, -0.15) is 0 Å². The molecule has 116 valence electrons. The number of likely N-dealkylation sites (tertiary alicyclic amines) is 1. The average molecular weight is 297 g/mol. The number of carbonyl (C=O) groups is 2. The van der Waals surface area contributed by atoms with Gasteiger partial charge in [-0.15, -0.1) is 5.10 Å². The smallest absolute Gasteiger partial charge is 0.358 e. The van der Waals surface area contributed by atoms with Crippen LogP contribution in [0.2, 0.25) is 0 Å². The van der Waals surface area contributed by atoms with Crippen molar-refractivity contribution in [3.05, 3.63) is 11.9 Å². The lowest BCUT2D eigenvalue weighted by atomic mass is 10.2. The third kappa shape index (κ3) is 3.76. The summed E-state index contributed by atoms with van der Waals surface area (Å²) in [6.45, 7) is 0.870. The highest BCUT2D eigenvalue weighted by molar-refractivity contribution is 5.84. The highest BCUT2D eigenvalue weighted by atomic mass is 16.4. The summed E-state index contributed by atoms with van der Waals surface area (Å²) < 4.78 is 1.20. The predicted octanol–water partition coefficient (Wildman–Crippen LogP) is -1.50. The Labute approximate surface area is 121 Å². The monoisotopic (exact) mass is 297 g/mol. The topological polar surface area (TPSA) is 112 Å². The van der Waals surface area contributed by atoms with Gasteiger partial charge in [-0.25, -0.2) is 9.48 Å². The average Bonchev–Trinajstić information content (AvgIpc) is 2.95. The fourth-order valence-electron chi connectivity index (χ4n) is 2.50. The highest BCUT2D eigenvalue weighted by Gasteiger charge is 2.34. The lowest BCUT2D eigenvalue weighted by molar-refractivity contribution is -0.133. The van der Waals surface area contributed by atoms with Crippen LogP contribution in [0.15, 0.2) is 6.20 Å². The molecule has 1 fully saturated rings. The number of rotatable bonds is 5. The van der Waals surface area contributed by atoms with E-state index in [1.54, 1.807) is 4.90 Å². The fraction of sp³-hybridized carbons (Fsp3) is 0.667. The number of hydrogen-bond donors (Lipinski definition) is 2. The van der Waals surface area contributed by atoms with Gasteiger partial charge in [-0.3, -0.25) is 4.79 Å². The summed E-state index contributed by atoms with van der Waals surface area (Å²) in [5.74, 6) is -1.39. The molecule has 0 bridgehead atoms. The van der Waals surface area contributed by atoms with Crippen LogP contribution in [0.25, 0.3) is 0 Å². The quantitative estimate of drug-likeness (QED) is 0.680. The Morgan fingerprint density at radius 3 is 2.76 bits per heavy atom. The van der Waals surface area contributed by atoms with E-state index in [-0.39, 0.29) is 30.7 Å². The zero-order valence-electron chi connectivity index (χ0n) is 12.0. The minimum atomic E-state index is -1.18. The first-order valence-corrected chi connectivity index (χ1v) is 6.62. The molecule has 2 rings (SSSR count). The summed E-state index contributed by atoms with van der Waals surface area (Å²) in [6.07, 6.45) is 1.24. The number of nitrogens with zero attached hydrogens (tertiary/aromatic N) is 5. The van der Waals surface area contributed by atoms with Crippen molar-refractivity contribution in [2.75, 3.05) is 27.2 Å². The third-order valence-corrected chi connectivity index (χ3v) is 3.34. The maximum atomic E-state index is 12.3. The van der Waals surface area contributed by atoms with E-state index in [9.17, 15) is 14.7 Å². The van der Waals surface area contributed by atoms with Crippen molar-refractivity contribution in [1.82, 2.24) is 24.8 Å². The van der Waals surface area contributed by atoms with Crippen LogP contribution in [0, 0.1) is 0 Å². The van der Waals surface area contributed by atoms with Crippen molar-refractivity contribution in [2.24, 2.45) is 0 Å². The van der Waals surface area contributed by atoms with Gasteiger partial charge in [-0.05, 0) is 20.5 Å². The van der Waals surface area contributed by atoms with Crippen molar-refractivity contribution in [3.63, 3.8) is 0 Å². The second-order valence-electron chi connectivity index (χ2n) is 5.46. The molecule has 21 heavy (non-hydrogen) atoms. The van der Waals surface area contributed by atoms with Crippen molar-refractivity contribution >= 4 is 11.9 Å². The minimum absolute atomic E-state index is 0.0510. The van der Waals surface area contributed by atoms with Crippen LogP contribution in [-0.2, 0) is 11.3 Å². The number of hydrogen-bond acceptors (Lipinski definition) is 6. The maximum Gasteiger partial charge on any atom is 0.358 e. The molecule has 1 amide bonds. The Hall–Kier alpha value is -2.00. The fourth-order valence-corrected chi connectivity index (χ4v) is 2.50. The number of carbonyl (C=O) groups excluding carboxylic acids is 1. The molecule has 2 heterocycles. The molecule has 9 heteroatoms. The number of aliphatic hydroxyl groups is 1. The van der Waals surface area contributed by atoms with Gasteiger partial charge in [0.05, 0.1) is 12.3 Å². The van der Waals surface area contributed by atoms with Crippen molar-refractivity contribution in [2.45, 2.75) is 25.1 Å². The van der Waals surface area contributed by atoms with Gasteiger partial charge in [0.1, 0.15) is 6.54 Å². The number of aliphatic hydroxyl groups excluding tert-OH is 1. The van der Waals surface area contributed by atoms with E-state index in [4.69, 9.17) is 5.11 Å². The summed E-state index contributed by atoms with van der Waals surface area (Å²) in [7, 11) is 3.81. The molecule has 1 aliphatic rings. The molecule has 0 spiro atoms. The first kappa shape index (κ1) is 15.4. The maximum absolute atomic E-state index is 12.3.